The van der Waals surface area contributed by atoms with E-state index in [1.54, 1.807) is 0 Å². The molecule has 7 heteroatoms. The van der Waals surface area contributed by atoms with Crippen molar-refractivity contribution in [3.8, 4) is 0 Å². The molecule has 1 fully saturated rings. The van der Waals surface area contributed by atoms with Gasteiger partial charge in [0.05, 0.1) is 0 Å². The average Bonchev–Trinajstić information content (AvgIpc) is 2.31. The Morgan fingerprint density at radius 1 is 1.37 bits per heavy atom. The number of amides is 2. The summed E-state index contributed by atoms with van der Waals surface area (Å²) < 4.78 is 0. The number of hydrogen-bond acceptors (Lipinski definition) is 5. The Labute approximate surface area is 110 Å². The van der Waals surface area contributed by atoms with Crippen LogP contribution >= 0.6 is 0 Å². The molecule has 1 rings (SSSR count). The number of unbranched alkanes of at least 4 members (excludes halogenated alkanes) is 2. The minimum absolute atomic E-state index is 0.101. The molecule has 1 unspecified atom stereocenters. The Hall–Kier alpha value is -1.76. The van der Waals surface area contributed by atoms with Gasteiger partial charge in [-0.1, -0.05) is 6.42 Å². The molecule has 0 aromatic rings. The molecule has 0 aromatic heterocycles. The lowest BCUT2D eigenvalue weighted by atomic mass is 10.0. The van der Waals surface area contributed by atoms with Gasteiger partial charge in [0.25, 0.3) is 0 Å². The van der Waals surface area contributed by atoms with Crippen LogP contribution in [0.5, 0.6) is 0 Å². The van der Waals surface area contributed by atoms with Crippen molar-refractivity contribution >= 4 is 24.1 Å². The number of hydrogen-bond donors (Lipinski definition) is 3. The number of rotatable bonds is 8. The second-order valence-electron chi connectivity index (χ2n) is 4.59. The van der Waals surface area contributed by atoms with Crippen LogP contribution in [0.1, 0.15) is 38.5 Å². The van der Waals surface area contributed by atoms with Crippen LogP contribution in [0.25, 0.3) is 0 Å². The van der Waals surface area contributed by atoms with Crippen LogP contribution in [0.4, 0.5) is 0 Å². The van der Waals surface area contributed by atoms with Crippen LogP contribution in [0.15, 0.2) is 0 Å². The lowest BCUT2D eigenvalue weighted by Crippen LogP contribution is -2.51. The van der Waals surface area contributed by atoms with Crippen LogP contribution in [0.3, 0.4) is 0 Å². The summed E-state index contributed by atoms with van der Waals surface area (Å²) in [5.41, 5.74) is 0. The van der Waals surface area contributed by atoms with Gasteiger partial charge in [0, 0.05) is 25.3 Å². The molecule has 0 aliphatic carbocycles. The number of carbonyl (C=O) groups excluding carboxylic acids is 3. The molecule has 0 aromatic carbocycles. The lowest BCUT2D eigenvalue weighted by Gasteiger charge is -2.25. The molecule has 0 spiro atoms. The number of carbonyl (C=O) groups is 4. The van der Waals surface area contributed by atoms with Crippen LogP contribution in [0, 0.1) is 0 Å². The average molecular weight is 270 g/mol. The lowest BCUT2D eigenvalue weighted by molar-refractivity contribution is -0.141. The van der Waals surface area contributed by atoms with Gasteiger partial charge in [-0.25, -0.2) is 0 Å². The molecule has 0 saturated carbocycles. The normalized spacial score (nSPS) is 17.9. The third-order valence-electron chi connectivity index (χ3n) is 2.94. The monoisotopic (exact) mass is 270 g/mol. The van der Waals surface area contributed by atoms with Crippen molar-refractivity contribution in [2.45, 2.75) is 50.6 Å². The number of nitrogens with one attached hydrogen (secondary N) is 2. The van der Waals surface area contributed by atoms with Crippen molar-refractivity contribution in [2.24, 2.45) is 0 Å². The van der Waals surface area contributed by atoms with E-state index in [4.69, 9.17) is 5.11 Å². The summed E-state index contributed by atoms with van der Waals surface area (Å²) in [5.74, 6) is -1.79. The van der Waals surface area contributed by atoms with E-state index >= 15 is 0 Å². The second kappa shape index (κ2) is 7.63. The van der Waals surface area contributed by atoms with E-state index in [0.29, 0.717) is 25.7 Å². The Bertz CT molecular complexity index is 353. The van der Waals surface area contributed by atoms with Gasteiger partial charge in [-0.05, 0) is 12.8 Å². The van der Waals surface area contributed by atoms with E-state index in [-0.39, 0.29) is 24.7 Å². The standard InChI is InChI=1S/C12H18N2O5/c15-5-3-1-2-4-9(12(18)19)13-8-6-10(16)14-11(17)7-8/h5,8-9,13H,1-4,6-7H2,(H,18,19)(H,14,16,17). The van der Waals surface area contributed by atoms with Crippen LogP contribution < -0.4 is 10.6 Å². The Balaban J connectivity index is 2.43. The summed E-state index contributed by atoms with van der Waals surface area (Å²) in [6.07, 6.45) is 3.03. The molecule has 106 valence electrons. The molecule has 1 atom stereocenters. The molecule has 1 aliphatic heterocycles. The SMILES string of the molecule is O=CCCCCC(NC1CC(=O)NC(=O)C1)C(=O)O. The molecule has 3 N–H and O–H groups in total. The van der Waals surface area contributed by atoms with E-state index in [1.165, 1.54) is 0 Å². The zero-order valence-electron chi connectivity index (χ0n) is 10.6. The summed E-state index contributed by atoms with van der Waals surface area (Å²) in [7, 11) is 0. The number of carboxylic acid groups (broad SMARTS) is 1. The Kier molecular flexibility index (Phi) is 6.14. The zero-order valence-corrected chi connectivity index (χ0v) is 10.6. The van der Waals surface area contributed by atoms with Crippen molar-refractivity contribution < 1.29 is 24.3 Å². The molecular formula is C12H18N2O5. The van der Waals surface area contributed by atoms with Crippen molar-refractivity contribution in [3.63, 3.8) is 0 Å². The third-order valence-corrected chi connectivity index (χ3v) is 2.94. The van der Waals surface area contributed by atoms with E-state index in [1.807, 2.05) is 0 Å². The number of aldehydes is 1. The molecule has 1 aliphatic rings. The van der Waals surface area contributed by atoms with Crippen molar-refractivity contribution in [3.05, 3.63) is 0 Å². The maximum absolute atomic E-state index is 11.2. The van der Waals surface area contributed by atoms with Gasteiger partial charge < -0.3 is 15.2 Å². The maximum Gasteiger partial charge on any atom is 0.320 e. The largest absolute Gasteiger partial charge is 0.480 e. The van der Waals surface area contributed by atoms with Gasteiger partial charge >= 0.3 is 5.97 Å². The van der Waals surface area contributed by atoms with Gasteiger partial charge in [-0.3, -0.25) is 19.7 Å². The molecule has 2 amide bonds. The van der Waals surface area contributed by atoms with E-state index in [9.17, 15) is 19.2 Å². The van der Waals surface area contributed by atoms with Crippen molar-refractivity contribution in [1.29, 1.82) is 0 Å². The highest BCUT2D eigenvalue weighted by Gasteiger charge is 2.28. The fourth-order valence-electron chi connectivity index (χ4n) is 2.03. The maximum atomic E-state index is 11.2. The summed E-state index contributed by atoms with van der Waals surface area (Å²) >= 11 is 0. The van der Waals surface area contributed by atoms with Crippen LogP contribution in [-0.2, 0) is 19.2 Å². The van der Waals surface area contributed by atoms with Gasteiger partial charge in [0.15, 0.2) is 0 Å². The molecular weight excluding hydrogens is 252 g/mol. The van der Waals surface area contributed by atoms with Gasteiger partial charge in [0.2, 0.25) is 11.8 Å². The first kappa shape index (κ1) is 15.3. The highest BCUT2D eigenvalue weighted by Crippen LogP contribution is 2.09. The third kappa shape index (κ3) is 5.60. The first-order valence-corrected chi connectivity index (χ1v) is 6.28. The smallest absolute Gasteiger partial charge is 0.320 e. The summed E-state index contributed by atoms with van der Waals surface area (Å²) in [6, 6.07) is -1.23. The minimum Gasteiger partial charge on any atom is -0.480 e. The Morgan fingerprint density at radius 3 is 2.53 bits per heavy atom. The fourth-order valence-corrected chi connectivity index (χ4v) is 2.03. The molecule has 0 radical (unpaired) electrons. The topological polar surface area (TPSA) is 113 Å². The minimum atomic E-state index is -1.01. The summed E-state index contributed by atoms with van der Waals surface area (Å²) in [4.78, 5) is 43.6. The molecule has 1 heterocycles. The van der Waals surface area contributed by atoms with Gasteiger partial charge in [0.1, 0.15) is 12.3 Å². The highest BCUT2D eigenvalue weighted by atomic mass is 16.4. The van der Waals surface area contributed by atoms with E-state index in [2.05, 4.69) is 10.6 Å². The van der Waals surface area contributed by atoms with Gasteiger partial charge in [-0.15, -0.1) is 0 Å². The van der Waals surface area contributed by atoms with Crippen LogP contribution in [0.2, 0.25) is 0 Å². The second-order valence-corrected chi connectivity index (χ2v) is 4.59. The number of aliphatic carboxylic acids is 1. The number of piperidine rings is 1. The highest BCUT2D eigenvalue weighted by molar-refractivity contribution is 5.98. The summed E-state index contributed by atoms with van der Waals surface area (Å²) in [6.45, 7) is 0. The first-order valence-electron chi connectivity index (χ1n) is 6.28. The van der Waals surface area contributed by atoms with E-state index < -0.39 is 18.1 Å². The predicted molar refractivity (Wildman–Crippen MR) is 65.3 cm³/mol. The van der Waals surface area contributed by atoms with Crippen molar-refractivity contribution in [2.75, 3.05) is 0 Å². The van der Waals surface area contributed by atoms with E-state index in [0.717, 1.165) is 6.29 Å². The quantitative estimate of drug-likeness (QED) is 0.314. The van der Waals surface area contributed by atoms with Gasteiger partial charge in [-0.2, -0.15) is 0 Å². The molecule has 0 bridgehead atoms. The first-order chi connectivity index (χ1) is 9.02. The summed E-state index contributed by atoms with van der Waals surface area (Å²) in [5, 5.41) is 14.1. The Morgan fingerprint density at radius 2 is 2.00 bits per heavy atom. The molecule has 1 saturated heterocycles. The van der Waals surface area contributed by atoms with Crippen molar-refractivity contribution in [1.82, 2.24) is 10.6 Å². The predicted octanol–water partition coefficient (Wildman–Crippen LogP) is -0.406. The fraction of sp³-hybridized carbons (Fsp3) is 0.667. The zero-order chi connectivity index (χ0) is 14.3. The van der Waals surface area contributed by atoms with Crippen LogP contribution in [-0.4, -0.2) is 41.3 Å². The molecule has 7 nitrogen and oxygen atoms in total. The number of imide groups is 1. The number of carboxylic acids is 1. The molecule has 19 heavy (non-hydrogen) atoms.